The van der Waals surface area contributed by atoms with Crippen molar-refractivity contribution in [3.8, 4) is 22.9 Å². The fraction of sp³-hybridized carbons (Fsp3) is 0.267. The lowest BCUT2D eigenvalue weighted by Gasteiger charge is -2.19. The second kappa shape index (κ2) is 5.99. The maximum Gasteiger partial charge on any atom is 0.363 e. The van der Waals surface area contributed by atoms with Gasteiger partial charge >= 0.3 is 5.97 Å². The van der Waals surface area contributed by atoms with Crippen LogP contribution in [0.15, 0.2) is 29.2 Å². The molecule has 0 saturated heterocycles. The minimum Gasteiger partial charge on any atom is -0.503 e. The quantitative estimate of drug-likeness (QED) is 0.839. The zero-order valence-corrected chi connectivity index (χ0v) is 12.3. The maximum atomic E-state index is 11.8. The Morgan fingerprint density at radius 1 is 1.35 bits per heavy atom. The third-order valence-electron chi connectivity index (χ3n) is 3.16. The molecular weight excluding hydrogens is 304 g/mol. The van der Waals surface area contributed by atoms with E-state index in [-0.39, 0.29) is 6.61 Å². The smallest absolute Gasteiger partial charge is 0.363 e. The number of aromatic nitrogens is 2. The Morgan fingerprint density at radius 3 is 2.83 bits per heavy atom. The van der Waals surface area contributed by atoms with Gasteiger partial charge in [-0.15, -0.1) is 0 Å². The molecule has 0 fully saturated rings. The molecule has 3 rings (SSSR count). The standard InChI is InChI=1S/C15H14N2O6/c1-2-21-15(20)13-14(19)10(18)8-17(16-13)9-3-4-11-12(7-9)23-6-5-22-11/h3-4,7-8,18H,2,5-6H2,1H3. The highest BCUT2D eigenvalue weighted by Gasteiger charge is 2.19. The van der Waals surface area contributed by atoms with Crippen molar-refractivity contribution < 1.29 is 24.1 Å². The van der Waals surface area contributed by atoms with Gasteiger partial charge < -0.3 is 19.3 Å². The van der Waals surface area contributed by atoms with Crippen LogP contribution in [0.25, 0.3) is 5.69 Å². The van der Waals surface area contributed by atoms with E-state index in [4.69, 9.17) is 14.2 Å². The van der Waals surface area contributed by atoms with E-state index >= 15 is 0 Å². The molecule has 0 unspecified atom stereocenters. The molecule has 0 bridgehead atoms. The molecule has 1 aliphatic rings. The Hall–Kier alpha value is -3.03. The van der Waals surface area contributed by atoms with E-state index < -0.39 is 22.8 Å². The summed E-state index contributed by atoms with van der Waals surface area (Å²) in [6.45, 7) is 2.60. The second-order valence-corrected chi connectivity index (χ2v) is 4.69. The average molecular weight is 318 g/mol. The minimum absolute atomic E-state index is 0.0969. The van der Waals surface area contributed by atoms with Crippen molar-refractivity contribution in [2.24, 2.45) is 0 Å². The number of nitrogens with zero attached hydrogens (tertiary/aromatic N) is 2. The van der Waals surface area contributed by atoms with Crippen LogP contribution >= 0.6 is 0 Å². The Labute approximate surface area is 130 Å². The number of carbonyl (C=O) groups is 1. The molecule has 8 heteroatoms. The lowest BCUT2D eigenvalue weighted by Crippen LogP contribution is -2.23. The molecular formula is C15H14N2O6. The van der Waals surface area contributed by atoms with Crippen molar-refractivity contribution in [3.63, 3.8) is 0 Å². The molecule has 0 aliphatic carbocycles. The fourth-order valence-corrected chi connectivity index (χ4v) is 2.12. The number of aromatic hydroxyl groups is 1. The Bertz CT molecular complexity index is 814. The molecule has 8 nitrogen and oxygen atoms in total. The molecule has 0 atom stereocenters. The molecule has 0 radical (unpaired) electrons. The van der Waals surface area contributed by atoms with E-state index in [0.29, 0.717) is 30.4 Å². The molecule has 0 spiro atoms. The van der Waals surface area contributed by atoms with Crippen LogP contribution in [0.1, 0.15) is 17.4 Å². The van der Waals surface area contributed by atoms with Gasteiger partial charge in [0.05, 0.1) is 18.5 Å². The van der Waals surface area contributed by atoms with Gasteiger partial charge in [0.1, 0.15) is 13.2 Å². The van der Waals surface area contributed by atoms with E-state index in [1.165, 1.54) is 4.68 Å². The van der Waals surface area contributed by atoms with Crippen molar-refractivity contribution in [1.82, 2.24) is 9.78 Å². The summed E-state index contributed by atoms with van der Waals surface area (Å²) >= 11 is 0. The van der Waals surface area contributed by atoms with Crippen LogP contribution in [0.4, 0.5) is 0 Å². The topological polar surface area (TPSA) is 99.9 Å². The van der Waals surface area contributed by atoms with E-state index in [9.17, 15) is 14.7 Å². The van der Waals surface area contributed by atoms with Crippen LogP contribution in [0.5, 0.6) is 17.2 Å². The first kappa shape index (κ1) is 14.9. The predicted molar refractivity (Wildman–Crippen MR) is 78.4 cm³/mol. The summed E-state index contributed by atoms with van der Waals surface area (Å²) in [4.78, 5) is 23.6. The van der Waals surface area contributed by atoms with Crippen molar-refractivity contribution in [2.45, 2.75) is 6.92 Å². The van der Waals surface area contributed by atoms with Gasteiger partial charge in [-0.1, -0.05) is 0 Å². The van der Waals surface area contributed by atoms with Gasteiger partial charge in [-0.2, -0.15) is 5.10 Å². The number of ether oxygens (including phenoxy) is 3. The van der Waals surface area contributed by atoms with Crippen LogP contribution < -0.4 is 14.9 Å². The molecule has 2 aromatic rings. The lowest BCUT2D eigenvalue weighted by atomic mass is 10.2. The first-order valence-corrected chi connectivity index (χ1v) is 7.00. The number of fused-ring (bicyclic) bond motifs is 1. The van der Waals surface area contributed by atoms with E-state index in [1.54, 1.807) is 25.1 Å². The maximum absolute atomic E-state index is 11.8. The van der Waals surface area contributed by atoms with Crippen LogP contribution in [0.2, 0.25) is 0 Å². The van der Waals surface area contributed by atoms with Crippen LogP contribution in [-0.2, 0) is 4.74 Å². The Balaban J connectivity index is 2.06. The summed E-state index contributed by atoms with van der Waals surface area (Å²) in [5, 5.41) is 13.7. The van der Waals surface area contributed by atoms with Crippen molar-refractivity contribution in [1.29, 1.82) is 0 Å². The molecule has 1 aromatic carbocycles. The van der Waals surface area contributed by atoms with E-state index in [2.05, 4.69) is 5.10 Å². The fourth-order valence-electron chi connectivity index (χ4n) is 2.12. The van der Waals surface area contributed by atoms with Gasteiger partial charge in [-0.25, -0.2) is 9.48 Å². The Kier molecular flexibility index (Phi) is 3.88. The molecule has 1 aliphatic heterocycles. The predicted octanol–water partition coefficient (Wildman–Crippen LogP) is 0.886. The molecule has 1 aromatic heterocycles. The number of esters is 1. The van der Waals surface area contributed by atoms with Crippen molar-refractivity contribution in [3.05, 3.63) is 40.3 Å². The third-order valence-corrected chi connectivity index (χ3v) is 3.16. The van der Waals surface area contributed by atoms with Crippen molar-refractivity contribution in [2.75, 3.05) is 19.8 Å². The summed E-state index contributed by atoms with van der Waals surface area (Å²) < 4.78 is 16.9. The monoisotopic (exact) mass is 318 g/mol. The van der Waals surface area contributed by atoms with E-state index in [1.807, 2.05) is 0 Å². The van der Waals surface area contributed by atoms with Crippen LogP contribution in [0.3, 0.4) is 0 Å². The third kappa shape index (κ3) is 2.83. The minimum atomic E-state index is -0.889. The summed E-state index contributed by atoms with van der Waals surface area (Å²) in [6.07, 6.45) is 1.12. The highest BCUT2D eigenvalue weighted by Crippen LogP contribution is 2.31. The number of hydrogen-bond acceptors (Lipinski definition) is 7. The molecule has 0 saturated carbocycles. The molecule has 0 amide bonds. The summed E-state index contributed by atoms with van der Waals surface area (Å²) in [6, 6.07) is 4.99. The number of hydrogen-bond donors (Lipinski definition) is 1. The first-order valence-electron chi connectivity index (χ1n) is 7.00. The van der Waals surface area contributed by atoms with Crippen LogP contribution in [0, 0.1) is 0 Å². The van der Waals surface area contributed by atoms with Gasteiger partial charge in [-0.05, 0) is 19.1 Å². The average Bonchev–Trinajstić information content (AvgIpc) is 2.57. The summed E-state index contributed by atoms with van der Waals surface area (Å²) in [7, 11) is 0. The number of rotatable bonds is 3. The second-order valence-electron chi connectivity index (χ2n) is 4.69. The van der Waals surface area contributed by atoms with Gasteiger partial charge in [-0.3, -0.25) is 4.79 Å². The van der Waals surface area contributed by atoms with Gasteiger partial charge in [0.15, 0.2) is 17.2 Å². The molecule has 2 heterocycles. The lowest BCUT2D eigenvalue weighted by molar-refractivity contribution is 0.0514. The van der Waals surface area contributed by atoms with Gasteiger partial charge in [0.2, 0.25) is 5.69 Å². The molecule has 1 N–H and O–H groups in total. The SMILES string of the molecule is CCOC(=O)c1nn(-c2ccc3c(c2)OCCO3)cc(O)c1=O. The molecule has 23 heavy (non-hydrogen) atoms. The molecule has 120 valence electrons. The highest BCUT2D eigenvalue weighted by molar-refractivity contribution is 5.87. The number of benzene rings is 1. The zero-order chi connectivity index (χ0) is 16.4. The van der Waals surface area contributed by atoms with Gasteiger partial charge in [0, 0.05) is 6.07 Å². The number of carbonyl (C=O) groups excluding carboxylic acids is 1. The van der Waals surface area contributed by atoms with Crippen molar-refractivity contribution >= 4 is 5.97 Å². The highest BCUT2D eigenvalue weighted by atomic mass is 16.6. The Morgan fingerprint density at radius 2 is 2.09 bits per heavy atom. The normalized spacial score (nSPS) is 12.7. The largest absolute Gasteiger partial charge is 0.503 e. The van der Waals surface area contributed by atoms with Gasteiger partial charge in [0.25, 0.3) is 5.43 Å². The summed E-state index contributed by atoms with van der Waals surface area (Å²) in [5.74, 6) is -0.375. The zero-order valence-electron chi connectivity index (χ0n) is 12.3. The first-order chi connectivity index (χ1) is 11.1. The summed E-state index contributed by atoms with van der Waals surface area (Å²) in [5.41, 5.74) is -0.867. The van der Waals surface area contributed by atoms with Crippen LogP contribution in [-0.4, -0.2) is 40.7 Å². The van der Waals surface area contributed by atoms with E-state index in [0.717, 1.165) is 6.20 Å².